The van der Waals surface area contributed by atoms with Gasteiger partial charge in [0, 0.05) is 9.13 Å². The van der Waals surface area contributed by atoms with Crippen LogP contribution in [0.2, 0.25) is 15.1 Å². The summed E-state index contributed by atoms with van der Waals surface area (Å²) in [5.41, 5.74) is 3.19. The average molecular weight is 397 g/mol. The van der Waals surface area contributed by atoms with Gasteiger partial charge in [0.15, 0.2) is 0 Å². The van der Waals surface area contributed by atoms with Gasteiger partial charge in [-0.25, -0.2) is 0 Å². The number of hydrogen-bond donors (Lipinski definition) is 0. The van der Waals surface area contributed by atoms with Crippen LogP contribution in [0.1, 0.15) is 5.56 Å². The minimum absolute atomic E-state index is 0.475. The number of aryl methyl sites for hydroxylation is 1. The highest BCUT2D eigenvalue weighted by molar-refractivity contribution is 14.1. The van der Waals surface area contributed by atoms with Gasteiger partial charge in [0.1, 0.15) is 0 Å². The van der Waals surface area contributed by atoms with Crippen molar-refractivity contribution >= 4 is 57.4 Å². The van der Waals surface area contributed by atoms with Crippen LogP contribution < -0.4 is 0 Å². The van der Waals surface area contributed by atoms with Crippen molar-refractivity contribution in [1.29, 1.82) is 0 Å². The first-order valence-corrected chi connectivity index (χ1v) is 7.11. The van der Waals surface area contributed by atoms with Gasteiger partial charge in [-0.3, -0.25) is 0 Å². The Kier molecular flexibility index (Phi) is 4.24. The first kappa shape index (κ1) is 13.5. The monoisotopic (exact) mass is 396 g/mol. The lowest BCUT2D eigenvalue weighted by atomic mass is 10.0. The van der Waals surface area contributed by atoms with Crippen molar-refractivity contribution < 1.29 is 0 Å². The first-order valence-electron chi connectivity index (χ1n) is 4.90. The summed E-state index contributed by atoms with van der Waals surface area (Å²) in [5, 5.41) is 1.60. The maximum Gasteiger partial charge on any atom is 0.0607 e. The van der Waals surface area contributed by atoms with Crippen molar-refractivity contribution in [2.24, 2.45) is 0 Å². The topological polar surface area (TPSA) is 0 Å². The Morgan fingerprint density at radius 1 is 0.824 bits per heavy atom. The maximum atomic E-state index is 6.20. The Labute approximate surface area is 129 Å². The fraction of sp³-hybridized carbons (Fsp3) is 0.0769. The molecule has 2 aromatic rings. The quantitative estimate of drug-likeness (QED) is 0.395. The van der Waals surface area contributed by atoms with Gasteiger partial charge in [-0.15, -0.1) is 0 Å². The molecule has 0 aliphatic carbocycles. The van der Waals surface area contributed by atoms with E-state index in [0.717, 1.165) is 14.7 Å². The van der Waals surface area contributed by atoms with Crippen LogP contribution in [-0.4, -0.2) is 0 Å². The number of benzene rings is 2. The zero-order valence-electron chi connectivity index (χ0n) is 8.90. The number of halogens is 4. The Hall–Kier alpha value is 0.0400. The van der Waals surface area contributed by atoms with Crippen LogP contribution in [0.5, 0.6) is 0 Å². The minimum atomic E-state index is 0.475. The molecule has 2 aromatic carbocycles. The molecule has 0 N–H and O–H groups in total. The van der Waals surface area contributed by atoms with Crippen molar-refractivity contribution in [2.45, 2.75) is 6.92 Å². The first-order chi connectivity index (χ1) is 7.99. The van der Waals surface area contributed by atoms with Crippen LogP contribution in [0.25, 0.3) is 11.1 Å². The highest BCUT2D eigenvalue weighted by Gasteiger charge is 2.10. The zero-order valence-corrected chi connectivity index (χ0v) is 13.3. The fourth-order valence-corrected chi connectivity index (χ4v) is 3.18. The smallest absolute Gasteiger partial charge is 0.0607 e. The van der Waals surface area contributed by atoms with Crippen LogP contribution in [0.4, 0.5) is 0 Å². The van der Waals surface area contributed by atoms with E-state index in [2.05, 4.69) is 41.6 Å². The van der Waals surface area contributed by atoms with Crippen LogP contribution in [0, 0.1) is 10.5 Å². The second-order valence-corrected chi connectivity index (χ2v) is 6.11. The molecule has 0 spiro atoms. The predicted octanol–water partition coefficient (Wildman–Crippen LogP) is 6.23. The van der Waals surface area contributed by atoms with Crippen molar-refractivity contribution in [3.8, 4) is 11.1 Å². The SMILES string of the molecule is Cc1ccc(-c2cc(Cl)c(Cl)cc2Cl)c(I)c1. The highest BCUT2D eigenvalue weighted by atomic mass is 127. The Balaban J connectivity index is 2.64. The van der Waals surface area contributed by atoms with E-state index >= 15 is 0 Å². The predicted molar refractivity (Wildman–Crippen MR) is 84.4 cm³/mol. The summed E-state index contributed by atoms with van der Waals surface area (Å²) in [6, 6.07) is 9.68. The van der Waals surface area contributed by atoms with Gasteiger partial charge in [0.2, 0.25) is 0 Å². The van der Waals surface area contributed by atoms with Gasteiger partial charge < -0.3 is 0 Å². The molecule has 0 aromatic heterocycles. The second kappa shape index (κ2) is 5.35. The van der Waals surface area contributed by atoms with E-state index in [-0.39, 0.29) is 0 Å². The summed E-state index contributed by atoms with van der Waals surface area (Å²) in [7, 11) is 0. The highest BCUT2D eigenvalue weighted by Crippen LogP contribution is 2.37. The van der Waals surface area contributed by atoms with Crippen LogP contribution in [-0.2, 0) is 0 Å². The lowest BCUT2D eigenvalue weighted by Gasteiger charge is -2.09. The van der Waals surface area contributed by atoms with E-state index < -0.39 is 0 Å². The van der Waals surface area contributed by atoms with Gasteiger partial charge in [-0.1, -0.05) is 52.5 Å². The lowest BCUT2D eigenvalue weighted by Crippen LogP contribution is -1.86. The molecule has 0 fully saturated rings. The molecule has 0 bridgehead atoms. The lowest BCUT2D eigenvalue weighted by molar-refractivity contribution is 1.44. The van der Waals surface area contributed by atoms with Crippen LogP contribution >= 0.6 is 57.4 Å². The van der Waals surface area contributed by atoms with E-state index in [9.17, 15) is 0 Å². The summed E-state index contributed by atoms with van der Waals surface area (Å²) in [6.07, 6.45) is 0. The van der Waals surface area contributed by atoms with Crippen LogP contribution in [0.3, 0.4) is 0 Å². The van der Waals surface area contributed by atoms with Crippen molar-refractivity contribution in [1.82, 2.24) is 0 Å². The molecule has 0 unspecified atom stereocenters. The summed E-state index contributed by atoms with van der Waals surface area (Å²) in [5.74, 6) is 0. The molecule has 4 heteroatoms. The van der Waals surface area contributed by atoms with Gasteiger partial charge in [-0.05, 0) is 53.3 Å². The fourth-order valence-electron chi connectivity index (χ4n) is 1.57. The minimum Gasteiger partial charge on any atom is -0.0836 e. The second-order valence-electron chi connectivity index (χ2n) is 3.73. The summed E-state index contributed by atoms with van der Waals surface area (Å²) in [4.78, 5) is 0. The Morgan fingerprint density at radius 2 is 1.47 bits per heavy atom. The normalized spacial score (nSPS) is 10.6. The molecule has 0 saturated carbocycles. The molecule has 17 heavy (non-hydrogen) atoms. The zero-order chi connectivity index (χ0) is 12.6. The van der Waals surface area contributed by atoms with E-state index in [4.69, 9.17) is 34.8 Å². The molecular formula is C13H8Cl3I. The molecule has 0 heterocycles. The third-order valence-electron chi connectivity index (χ3n) is 2.42. The third-order valence-corrected chi connectivity index (χ3v) is 4.35. The molecule has 0 saturated heterocycles. The van der Waals surface area contributed by atoms with Crippen molar-refractivity contribution in [3.63, 3.8) is 0 Å². The Morgan fingerprint density at radius 3 is 2.12 bits per heavy atom. The largest absolute Gasteiger partial charge is 0.0836 e. The maximum absolute atomic E-state index is 6.20. The molecule has 0 nitrogen and oxygen atoms in total. The Bertz CT molecular complexity index is 579. The van der Waals surface area contributed by atoms with Gasteiger partial charge in [0.05, 0.1) is 15.1 Å². The van der Waals surface area contributed by atoms with Gasteiger partial charge in [0.25, 0.3) is 0 Å². The van der Waals surface area contributed by atoms with Gasteiger partial charge in [-0.2, -0.15) is 0 Å². The van der Waals surface area contributed by atoms with E-state index in [0.29, 0.717) is 15.1 Å². The molecule has 0 aliphatic heterocycles. The molecule has 0 atom stereocenters. The van der Waals surface area contributed by atoms with Gasteiger partial charge >= 0.3 is 0 Å². The molecule has 0 radical (unpaired) electrons. The summed E-state index contributed by atoms with van der Waals surface area (Å²) in [6.45, 7) is 2.06. The molecular weight excluding hydrogens is 389 g/mol. The van der Waals surface area contributed by atoms with Crippen LogP contribution in [0.15, 0.2) is 30.3 Å². The summed E-state index contributed by atoms with van der Waals surface area (Å²) < 4.78 is 1.14. The van der Waals surface area contributed by atoms with E-state index in [1.807, 2.05) is 6.07 Å². The summed E-state index contributed by atoms with van der Waals surface area (Å²) >= 11 is 20.4. The third kappa shape index (κ3) is 2.90. The van der Waals surface area contributed by atoms with Crippen molar-refractivity contribution in [2.75, 3.05) is 0 Å². The number of hydrogen-bond acceptors (Lipinski definition) is 0. The standard InChI is InChI=1S/C13H8Cl3I/c1-7-2-3-8(13(17)4-7)9-5-11(15)12(16)6-10(9)14/h2-6H,1H3. The van der Waals surface area contributed by atoms with E-state index in [1.54, 1.807) is 12.1 Å². The molecule has 0 aliphatic rings. The number of rotatable bonds is 1. The molecule has 0 amide bonds. The van der Waals surface area contributed by atoms with Crippen molar-refractivity contribution in [3.05, 3.63) is 54.5 Å². The molecule has 88 valence electrons. The molecule has 2 rings (SSSR count). The average Bonchev–Trinajstić information content (AvgIpc) is 2.24. The van der Waals surface area contributed by atoms with E-state index in [1.165, 1.54) is 5.56 Å².